The summed E-state index contributed by atoms with van der Waals surface area (Å²) in [6.07, 6.45) is 3.37. The number of ether oxygens (including phenoxy) is 1. The van der Waals surface area contributed by atoms with Crippen molar-refractivity contribution in [2.75, 3.05) is 20.2 Å². The van der Waals surface area contributed by atoms with E-state index in [-0.39, 0.29) is 19.0 Å². The van der Waals surface area contributed by atoms with Gasteiger partial charge in [-0.05, 0) is 6.42 Å². The van der Waals surface area contributed by atoms with Gasteiger partial charge in [-0.3, -0.25) is 9.48 Å². The van der Waals surface area contributed by atoms with Crippen LogP contribution in [0.15, 0.2) is 12.4 Å². The molecule has 2 amide bonds. The zero-order chi connectivity index (χ0) is 14.8. The summed E-state index contributed by atoms with van der Waals surface area (Å²) in [6, 6.07) is -0.351. The van der Waals surface area contributed by atoms with Crippen LogP contribution in [0.2, 0.25) is 0 Å². The average molecular weight is 285 g/mol. The van der Waals surface area contributed by atoms with Gasteiger partial charge in [0, 0.05) is 32.9 Å². The van der Waals surface area contributed by atoms with Crippen molar-refractivity contribution in [1.29, 1.82) is 0 Å². The van der Waals surface area contributed by atoms with Gasteiger partial charge in [-0.2, -0.15) is 0 Å². The summed E-state index contributed by atoms with van der Waals surface area (Å²) in [7, 11) is 1.41. The topological polar surface area (TPSA) is 118 Å². The van der Waals surface area contributed by atoms with Crippen LogP contribution in [0.5, 0.6) is 0 Å². The first-order valence-corrected chi connectivity index (χ1v) is 6.22. The lowest BCUT2D eigenvalue weighted by Crippen LogP contribution is -2.41. The molecule has 9 nitrogen and oxygen atoms in total. The number of rotatable bonds is 9. The highest BCUT2D eigenvalue weighted by molar-refractivity contribution is 5.74. The van der Waals surface area contributed by atoms with E-state index in [1.54, 1.807) is 17.1 Å². The molecule has 20 heavy (non-hydrogen) atoms. The number of aliphatic carboxylic acids is 1. The van der Waals surface area contributed by atoms with Gasteiger partial charge in [-0.1, -0.05) is 5.21 Å². The first-order valence-electron chi connectivity index (χ1n) is 6.22. The smallest absolute Gasteiger partial charge is 0.314 e. The number of carboxylic acid groups (broad SMARTS) is 1. The monoisotopic (exact) mass is 285 g/mol. The highest BCUT2D eigenvalue weighted by Gasteiger charge is 2.13. The third-order valence-electron chi connectivity index (χ3n) is 2.55. The van der Waals surface area contributed by atoms with Crippen molar-refractivity contribution in [2.45, 2.75) is 25.5 Å². The third kappa shape index (κ3) is 6.69. The quantitative estimate of drug-likeness (QED) is 0.524. The molecule has 0 fully saturated rings. The molecule has 0 aliphatic carbocycles. The Morgan fingerprint density at radius 1 is 1.45 bits per heavy atom. The van der Waals surface area contributed by atoms with Gasteiger partial charge in [-0.15, -0.1) is 5.10 Å². The number of carboxylic acids is 1. The number of amides is 2. The van der Waals surface area contributed by atoms with Crippen LogP contribution in [-0.2, 0) is 16.1 Å². The number of nitrogens with one attached hydrogen (secondary N) is 2. The lowest BCUT2D eigenvalue weighted by atomic mass is 10.2. The minimum atomic E-state index is -0.966. The summed E-state index contributed by atoms with van der Waals surface area (Å²) in [6.45, 7) is 1.31. The van der Waals surface area contributed by atoms with Crippen molar-refractivity contribution >= 4 is 12.0 Å². The number of hydrogen-bond donors (Lipinski definition) is 3. The van der Waals surface area contributed by atoms with Crippen molar-refractivity contribution < 1.29 is 19.4 Å². The highest BCUT2D eigenvalue weighted by atomic mass is 16.5. The van der Waals surface area contributed by atoms with Gasteiger partial charge in [0.05, 0.1) is 18.7 Å². The number of carbonyl (C=O) groups excluding carboxylic acids is 1. The molecule has 3 N–H and O–H groups in total. The van der Waals surface area contributed by atoms with Crippen molar-refractivity contribution in [3.8, 4) is 0 Å². The molecule has 0 saturated carbocycles. The summed E-state index contributed by atoms with van der Waals surface area (Å²) in [5.41, 5.74) is 0. The molecule has 0 aliphatic heterocycles. The average Bonchev–Trinajstić information content (AvgIpc) is 2.92. The number of urea groups is 1. The van der Waals surface area contributed by atoms with Crippen LogP contribution in [0, 0.1) is 0 Å². The Kier molecular flexibility index (Phi) is 7.04. The normalized spacial score (nSPS) is 11.8. The van der Waals surface area contributed by atoms with Gasteiger partial charge >= 0.3 is 12.0 Å². The largest absolute Gasteiger partial charge is 0.481 e. The predicted octanol–water partition coefficient (Wildman–Crippen LogP) is -0.543. The maximum absolute atomic E-state index is 11.5. The molecular weight excluding hydrogens is 266 g/mol. The number of aryl methyl sites for hydroxylation is 1. The highest BCUT2D eigenvalue weighted by Crippen LogP contribution is 1.95. The summed E-state index contributed by atoms with van der Waals surface area (Å²) in [5, 5.41) is 21.3. The molecule has 0 saturated heterocycles. The third-order valence-corrected chi connectivity index (χ3v) is 2.55. The standard InChI is InChI=1S/C11H19N5O4/c1-20-9(7-10(17)18)8-13-11(19)12-3-2-5-16-6-4-14-15-16/h4,6,9H,2-3,5,7-8H2,1H3,(H,17,18)(H2,12,13,19). The lowest BCUT2D eigenvalue weighted by Gasteiger charge is -2.14. The molecule has 0 spiro atoms. The van der Waals surface area contributed by atoms with Crippen molar-refractivity contribution in [3.05, 3.63) is 12.4 Å². The van der Waals surface area contributed by atoms with Gasteiger partial charge in [-0.25, -0.2) is 4.79 Å². The Hall–Kier alpha value is -2.16. The molecule has 1 atom stereocenters. The fraction of sp³-hybridized carbons (Fsp3) is 0.636. The molecule has 0 radical (unpaired) electrons. The van der Waals surface area contributed by atoms with Gasteiger partial charge in [0.1, 0.15) is 0 Å². The van der Waals surface area contributed by atoms with Crippen LogP contribution >= 0.6 is 0 Å². The van der Waals surface area contributed by atoms with Gasteiger partial charge in [0.15, 0.2) is 0 Å². The van der Waals surface area contributed by atoms with Gasteiger partial charge in [0.2, 0.25) is 0 Å². The van der Waals surface area contributed by atoms with E-state index in [0.717, 1.165) is 6.42 Å². The van der Waals surface area contributed by atoms with Crippen LogP contribution in [0.25, 0.3) is 0 Å². The van der Waals surface area contributed by atoms with E-state index in [1.165, 1.54) is 7.11 Å². The Morgan fingerprint density at radius 3 is 2.85 bits per heavy atom. The number of nitrogens with zero attached hydrogens (tertiary/aromatic N) is 3. The molecular formula is C11H19N5O4. The summed E-state index contributed by atoms with van der Waals surface area (Å²) in [4.78, 5) is 22.0. The molecule has 112 valence electrons. The number of methoxy groups -OCH3 is 1. The van der Waals surface area contributed by atoms with E-state index < -0.39 is 12.1 Å². The maximum Gasteiger partial charge on any atom is 0.314 e. The molecule has 0 bridgehead atoms. The van der Waals surface area contributed by atoms with Crippen molar-refractivity contribution in [1.82, 2.24) is 25.6 Å². The first-order chi connectivity index (χ1) is 9.61. The molecule has 1 aromatic heterocycles. The van der Waals surface area contributed by atoms with E-state index >= 15 is 0 Å². The second-order valence-corrected chi connectivity index (χ2v) is 4.11. The van der Waals surface area contributed by atoms with E-state index in [0.29, 0.717) is 13.1 Å². The second kappa shape index (κ2) is 8.86. The maximum atomic E-state index is 11.5. The van der Waals surface area contributed by atoms with Crippen molar-refractivity contribution in [3.63, 3.8) is 0 Å². The fourth-order valence-electron chi connectivity index (χ4n) is 1.50. The lowest BCUT2D eigenvalue weighted by molar-refractivity contribution is -0.139. The van der Waals surface area contributed by atoms with E-state index in [4.69, 9.17) is 9.84 Å². The van der Waals surface area contributed by atoms with Crippen LogP contribution in [0.1, 0.15) is 12.8 Å². The van der Waals surface area contributed by atoms with E-state index in [2.05, 4.69) is 20.9 Å². The van der Waals surface area contributed by atoms with E-state index in [9.17, 15) is 9.59 Å². The Labute approximate surface area is 116 Å². The zero-order valence-corrected chi connectivity index (χ0v) is 11.3. The molecule has 1 rings (SSSR count). The fourth-order valence-corrected chi connectivity index (χ4v) is 1.50. The SMILES string of the molecule is COC(CNC(=O)NCCCn1ccnn1)CC(=O)O. The number of aromatic nitrogens is 3. The Balaban J connectivity index is 2.08. The van der Waals surface area contributed by atoms with Crippen LogP contribution in [-0.4, -0.2) is 58.4 Å². The first kappa shape index (κ1) is 15.9. The second-order valence-electron chi connectivity index (χ2n) is 4.11. The molecule has 1 heterocycles. The Bertz CT molecular complexity index is 409. The molecule has 0 aliphatic rings. The molecule has 1 unspecified atom stereocenters. The van der Waals surface area contributed by atoms with Crippen LogP contribution in [0.4, 0.5) is 4.79 Å². The zero-order valence-electron chi connectivity index (χ0n) is 11.3. The summed E-state index contributed by atoms with van der Waals surface area (Å²) >= 11 is 0. The molecule has 1 aromatic rings. The van der Waals surface area contributed by atoms with Gasteiger partial charge in [0.25, 0.3) is 0 Å². The molecule has 9 heteroatoms. The number of carbonyl (C=O) groups is 2. The Morgan fingerprint density at radius 2 is 2.25 bits per heavy atom. The minimum Gasteiger partial charge on any atom is -0.481 e. The van der Waals surface area contributed by atoms with Crippen molar-refractivity contribution in [2.24, 2.45) is 0 Å². The van der Waals surface area contributed by atoms with Crippen LogP contribution in [0.3, 0.4) is 0 Å². The van der Waals surface area contributed by atoms with E-state index in [1.807, 2.05) is 0 Å². The number of hydrogen-bond acceptors (Lipinski definition) is 5. The molecule has 0 aromatic carbocycles. The van der Waals surface area contributed by atoms with Gasteiger partial charge < -0.3 is 20.5 Å². The van der Waals surface area contributed by atoms with Crippen LogP contribution < -0.4 is 10.6 Å². The predicted molar refractivity (Wildman–Crippen MR) is 69.1 cm³/mol. The summed E-state index contributed by atoms with van der Waals surface area (Å²) < 4.78 is 6.62. The summed E-state index contributed by atoms with van der Waals surface area (Å²) in [5.74, 6) is -0.966. The minimum absolute atomic E-state index is 0.150.